The Morgan fingerprint density at radius 3 is 2.72 bits per heavy atom. The number of hydrogen-bond acceptors (Lipinski definition) is 3. The van der Waals surface area contributed by atoms with Crippen molar-refractivity contribution in [3.05, 3.63) is 34.9 Å². The van der Waals surface area contributed by atoms with E-state index in [1.54, 1.807) is 0 Å². The highest BCUT2D eigenvalue weighted by Crippen LogP contribution is 2.23. The highest BCUT2D eigenvalue weighted by Gasteiger charge is 2.15. The number of amidine groups is 1. The Labute approximate surface area is 113 Å². The van der Waals surface area contributed by atoms with Crippen LogP contribution in [0, 0.1) is 0 Å². The fraction of sp³-hybridized carbons (Fsp3) is 0.462. The molecule has 2 atom stereocenters. The molecule has 4 N–H and O–H groups in total. The third-order valence-electron chi connectivity index (χ3n) is 2.93. The van der Waals surface area contributed by atoms with Crippen molar-refractivity contribution in [3.63, 3.8) is 0 Å². The lowest BCUT2D eigenvalue weighted by molar-refractivity contribution is 0.315. The number of nitrogens with zero attached hydrogens (tertiary/aromatic N) is 1. The molecule has 0 aliphatic carbocycles. The summed E-state index contributed by atoms with van der Waals surface area (Å²) in [5.74, 6) is 0.237. The van der Waals surface area contributed by atoms with Gasteiger partial charge in [0.1, 0.15) is 5.84 Å². The van der Waals surface area contributed by atoms with Gasteiger partial charge in [0.2, 0.25) is 0 Å². The van der Waals surface area contributed by atoms with Crippen LogP contribution in [0.5, 0.6) is 0 Å². The monoisotopic (exact) mass is 269 g/mol. The molecule has 0 bridgehead atoms. The van der Waals surface area contributed by atoms with Gasteiger partial charge in [0, 0.05) is 23.5 Å². The fourth-order valence-electron chi connectivity index (χ4n) is 1.88. The summed E-state index contributed by atoms with van der Waals surface area (Å²) in [5, 5.41) is 15.8. The number of halogens is 1. The predicted octanol–water partition coefficient (Wildman–Crippen LogP) is 2.91. The predicted molar refractivity (Wildman–Crippen MR) is 75.1 cm³/mol. The molecule has 4 nitrogen and oxygen atoms in total. The third-order valence-corrected chi connectivity index (χ3v) is 3.28. The maximum absolute atomic E-state index is 8.59. The zero-order chi connectivity index (χ0) is 13.5. The number of rotatable bonds is 6. The standard InChI is InChI=1S/C13H20ClN3O/c1-3-10(8-13(15)17-18)16-9(2)11-6-4-5-7-12(11)14/h4-7,9-10,16,18H,3,8H2,1-2H3,(H2,15,17)/t9-,10?/m1/s1. The van der Waals surface area contributed by atoms with Crippen molar-refractivity contribution in [2.45, 2.75) is 38.8 Å². The average Bonchev–Trinajstić information content (AvgIpc) is 2.38. The second kappa shape index (κ2) is 7.24. The highest BCUT2D eigenvalue weighted by molar-refractivity contribution is 6.31. The topological polar surface area (TPSA) is 70.6 Å². The molecule has 5 heteroatoms. The van der Waals surface area contributed by atoms with Gasteiger partial charge in [-0.25, -0.2) is 0 Å². The van der Waals surface area contributed by atoms with Crippen molar-refractivity contribution in [2.24, 2.45) is 10.9 Å². The molecule has 0 radical (unpaired) electrons. The molecule has 0 saturated heterocycles. The van der Waals surface area contributed by atoms with Crippen molar-refractivity contribution in [3.8, 4) is 0 Å². The van der Waals surface area contributed by atoms with Crippen LogP contribution in [0.25, 0.3) is 0 Å². The first-order chi connectivity index (χ1) is 8.58. The van der Waals surface area contributed by atoms with E-state index in [-0.39, 0.29) is 17.9 Å². The molecule has 0 amide bonds. The van der Waals surface area contributed by atoms with Gasteiger partial charge in [-0.3, -0.25) is 0 Å². The van der Waals surface area contributed by atoms with Gasteiger partial charge in [0.25, 0.3) is 0 Å². The minimum atomic E-state index is 0.121. The van der Waals surface area contributed by atoms with Gasteiger partial charge in [0.05, 0.1) is 0 Å². The summed E-state index contributed by atoms with van der Waals surface area (Å²) in [6.45, 7) is 4.11. The molecule has 18 heavy (non-hydrogen) atoms. The number of nitrogens with two attached hydrogens (primary N) is 1. The van der Waals surface area contributed by atoms with Crippen LogP contribution in [-0.4, -0.2) is 17.1 Å². The second-order valence-corrected chi connectivity index (χ2v) is 4.72. The van der Waals surface area contributed by atoms with Crippen LogP contribution in [0.1, 0.15) is 38.3 Å². The van der Waals surface area contributed by atoms with Gasteiger partial charge >= 0.3 is 0 Å². The summed E-state index contributed by atoms with van der Waals surface area (Å²) in [5.41, 5.74) is 6.58. The molecule has 1 aromatic carbocycles. The molecule has 0 aliphatic heterocycles. The molecule has 100 valence electrons. The van der Waals surface area contributed by atoms with Crippen LogP contribution >= 0.6 is 11.6 Å². The van der Waals surface area contributed by atoms with Gasteiger partial charge in [-0.15, -0.1) is 0 Å². The minimum absolute atomic E-state index is 0.121. The highest BCUT2D eigenvalue weighted by atomic mass is 35.5. The molecular weight excluding hydrogens is 250 g/mol. The number of benzene rings is 1. The van der Waals surface area contributed by atoms with E-state index < -0.39 is 0 Å². The summed E-state index contributed by atoms with van der Waals surface area (Å²) in [7, 11) is 0. The number of oxime groups is 1. The molecule has 0 spiro atoms. The Morgan fingerprint density at radius 2 is 2.17 bits per heavy atom. The zero-order valence-electron chi connectivity index (χ0n) is 10.7. The summed E-state index contributed by atoms with van der Waals surface area (Å²) < 4.78 is 0. The molecule has 1 aromatic rings. The molecule has 0 heterocycles. The summed E-state index contributed by atoms with van der Waals surface area (Å²) in [6.07, 6.45) is 1.41. The second-order valence-electron chi connectivity index (χ2n) is 4.31. The van der Waals surface area contributed by atoms with Crippen molar-refractivity contribution < 1.29 is 5.21 Å². The van der Waals surface area contributed by atoms with Crippen LogP contribution in [0.2, 0.25) is 5.02 Å². The minimum Gasteiger partial charge on any atom is -0.409 e. The number of nitrogens with one attached hydrogen (secondary N) is 1. The lowest BCUT2D eigenvalue weighted by Crippen LogP contribution is -2.35. The summed E-state index contributed by atoms with van der Waals surface area (Å²) in [4.78, 5) is 0. The summed E-state index contributed by atoms with van der Waals surface area (Å²) >= 11 is 6.15. The Bertz CT molecular complexity index is 409. The van der Waals surface area contributed by atoms with E-state index in [9.17, 15) is 0 Å². The van der Waals surface area contributed by atoms with Gasteiger partial charge in [0.15, 0.2) is 0 Å². The van der Waals surface area contributed by atoms with E-state index in [1.165, 1.54) is 0 Å². The maximum Gasteiger partial charge on any atom is 0.140 e. The molecule has 1 rings (SSSR count). The molecular formula is C13H20ClN3O. The lowest BCUT2D eigenvalue weighted by atomic mass is 10.0. The van der Waals surface area contributed by atoms with E-state index in [2.05, 4.69) is 24.3 Å². The van der Waals surface area contributed by atoms with Crippen LogP contribution in [-0.2, 0) is 0 Å². The van der Waals surface area contributed by atoms with Crippen LogP contribution in [0.4, 0.5) is 0 Å². The average molecular weight is 270 g/mol. The molecule has 1 unspecified atom stereocenters. The van der Waals surface area contributed by atoms with E-state index in [1.807, 2.05) is 24.3 Å². The maximum atomic E-state index is 8.59. The Hall–Kier alpha value is -1.26. The first-order valence-electron chi connectivity index (χ1n) is 6.05. The van der Waals surface area contributed by atoms with Crippen molar-refractivity contribution in [1.29, 1.82) is 0 Å². The van der Waals surface area contributed by atoms with Crippen LogP contribution in [0.3, 0.4) is 0 Å². The summed E-state index contributed by atoms with van der Waals surface area (Å²) in [6, 6.07) is 8.02. The Morgan fingerprint density at radius 1 is 1.50 bits per heavy atom. The van der Waals surface area contributed by atoms with E-state index >= 15 is 0 Å². The van der Waals surface area contributed by atoms with Gasteiger partial charge in [-0.05, 0) is 25.0 Å². The number of hydrogen-bond donors (Lipinski definition) is 3. The largest absolute Gasteiger partial charge is 0.409 e. The first-order valence-corrected chi connectivity index (χ1v) is 6.43. The smallest absolute Gasteiger partial charge is 0.140 e. The van der Waals surface area contributed by atoms with E-state index in [4.69, 9.17) is 22.5 Å². The Balaban J connectivity index is 2.68. The SMILES string of the molecule is CCC(C/C(N)=N/O)N[C@H](C)c1ccccc1Cl. The lowest BCUT2D eigenvalue weighted by Gasteiger charge is -2.22. The first kappa shape index (κ1) is 14.8. The third kappa shape index (κ3) is 4.20. The molecule has 0 aliphatic rings. The van der Waals surface area contributed by atoms with Gasteiger partial charge in [-0.2, -0.15) is 0 Å². The van der Waals surface area contributed by atoms with Gasteiger partial charge in [-0.1, -0.05) is 41.9 Å². The fourth-order valence-corrected chi connectivity index (χ4v) is 2.18. The van der Waals surface area contributed by atoms with E-state index in [0.717, 1.165) is 17.0 Å². The van der Waals surface area contributed by atoms with Crippen molar-refractivity contribution in [2.75, 3.05) is 0 Å². The molecule has 0 fully saturated rings. The van der Waals surface area contributed by atoms with E-state index in [0.29, 0.717) is 6.42 Å². The van der Waals surface area contributed by atoms with Crippen molar-refractivity contribution >= 4 is 17.4 Å². The van der Waals surface area contributed by atoms with Crippen LogP contribution < -0.4 is 11.1 Å². The normalized spacial score (nSPS) is 15.4. The Kier molecular flexibility index (Phi) is 5.95. The van der Waals surface area contributed by atoms with Gasteiger partial charge < -0.3 is 16.3 Å². The molecule has 0 saturated carbocycles. The quantitative estimate of drug-likeness (QED) is 0.322. The van der Waals surface area contributed by atoms with Crippen molar-refractivity contribution in [1.82, 2.24) is 5.32 Å². The molecule has 0 aromatic heterocycles. The zero-order valence-corrected chi connectivity index (χ0v) is 11.5. The van der Waals surface area contributed by atoms with Crippen LogP contribution in [0.15, 0.2) is 29.4 Å².